The minimum absolute atomic E-state index is 0.0365. The van der Waals surface area contributed by atoms with Gasteiger partial charge in [-0.3, -0.25) is 19.2 Å². The minimum atomic E-state index is -0.741. The maximum absolute atomic E-state index is 11.3. The number of rotatable bonds is 9. The molecular weight excluding hydrogens is 1050 g/mol. The number of carbonyl (C=O) groups excluding carboxylic acids is 4. The van der Waals surface area contributed by atoms with Gasteiger partial charge in [-0.05, 0) is 153 Å². The Morgan fingerprint density at radius 1 is 0.375 bits per heavy atom. The van der Waals surface area contributed by atoms with Crippen LogP contribution in [0.3, 0.4) is 0 Å². The van der Waals surface area contributed by atoms with Crippen molar-refractivity contribution in [3.63, 3.8) is 0 Å². The lowest BCUT2D eigenvalue weighted by atomic mass is 10.1. The highest BCUT2D eigenvalue weighted by atomic mass is 79.9. The quantitative estimate of drug-likeness (QED) is 0.0956. The molecule has 0 fully saturated rings. The van der Waals surface area contributed by atoms with Gasteiger partial charge >= 0.3 is 0 Å². The molecule has 12 N–H and O–H groups in total. The molecule has 0 saturated carbocycles. The van der Waals surface area contributed by atoms with E-state index in [1.807, 2.05) is 0 Å². The third kappa shape index (κ3) is 11.0. The summed E-state index contributed by atoms with van der Waals surface area (Å²) in [6.45, 7) is 1.65. The average molecular weight is 1080 g/mol. The molecule has 0 heterocycles. The molecule has 2 aromatic carbocycles. The summed E-state index contributed by atoms with van der Waals surface area (Å²) in [4.78, 5) is 45.2. The van der Waals surface area contributed by atoms with Gasteiger partial charge in [0.05, 0.1) is 22.3 Å². The van der Waals surface area contributed by atoms with Crippen LogP contribution < -0.4 is 34.4 Å². The lowest BCUT2D eigenvalue weighted by Crippen LogP contribution is -2.22. The molecule has 0 atom stereocenters. The second-order valence-electron chi connectivity index (χ2n) is 7.46. The third-order valence-corrected chi connectivity index (χ3v) is 14.2. The summed E-state index contributed by atoms with van der Waals surface area (Å²) in [5.74, 6) is -2.96. The van der Waals surface area contributed by atoms with Gasteiger partial charge in [0.15, 0.2) is 0 Å². The van der Waals surface area contributed by atoms with E-state index < -0.39 is 23.6 Å². The Hall–Kier alpha value is 0.0800. The largest absolute Gasteiger partial charge is 0.366 e. The fourth-order valence-electron chi connectivity index (χ4n) is 2.83. The van der Waals surface area contributed by atoms with Crippen molar-refractivity contribution >= 4 is 151 Å². The normalized spacial score (nSPS) is 10.2. The maximum atomic E-state index is 11.3. The number of carbonyl (C=O) groups is 4. The highest BCUT2D eigenvalue weighted by Gasteiger charge is 2.26. The molecule has 0 aliphatic carbocycles. The Morgan fingerprint density at radius 2 is 0.550 bits per heavy atom. The Labute approximate surface area is 298 Å². The van der Waals surface area contributed by atoms with Crippen molar-refractivity contribution in [3.05, 3.63) is 58.0 Å². The number of amides is 4. The molecule has 40 heavy (non-hydrogen) atoms. The van der Waals surface area contributed by atoms with Crippen LogP contribution in [-0.4, -0.2) is 36.7 Å². The molecular formula is C22H24Br8N6O4. The third-order valence-electron chi connectivity index (χ3n) is 4.68. The van der Waals surface area contributed by atoms with Crippen LogP contribution in [0.4, 0.5) is 0 Å². The molecule has 0 aliphatic rings. The first-order valence-electron chi connectivity index (χ1n) is 10.8. The zero-order chi connectivity index (χ0) is 31.5. The summed E-state index contributed by atoms with van der Waals surface area (Å²) in [6.07, 6.45) is 4.79. The van der Waals surface area contributed by atoms with Gasteiger partial charge in [-0.2, -0.15) is 0 Å². The highest BCUT2D eigenvalue weighted by molar-refractivity contribution is 9.15. The number of benzene rings is 2. The molecule has 4 amide bonds. The second-order valence-corrected chi connectivity index (χ2v) is 13.8. The van der Waals surface area contributed by atoms with Crippen molar-refractivity contribution in [2.75, 3.05) is 13.1 Å². The predicted octanol–water partition coefficient (Wildman–Crippen LogP) is 6.33. The Bertz CT molecular complexity index is 1110. The molecule has 10 nitrogen and oxygen atoms in total. The molecule has 0 bridgehead atoms. The summed E-state index contributed by atoms with van der Waals surface area (Å²) < 4.78 is 3.79. The first-order chi connectivity index (χ1) is 18.5. The molecule has 2 rings (SSSR count). The molecule has 0 radical (unpaired) electrons. The molecule has 0 aromatic heterocycles. The van der Waals surface area contributed by atoms with Crippen LogP contribution >= 0.6 is 127 Å². The van der Waals surface area contributed by atoms with E-state index in [0.29, 0.717) is 35.8 Å². The van der Waals surface area contributed by atoms with E-state index in [2.05, 4.69) is 127 Å². The van der Waals surface area contributed by atoms with E-state index in [1.165, 1.54) is 12.8 Å². The second kappa shape index (κ2) is 19.4. The van der Waals surface area contributed by atoms with E-state index in [-0.39, 0.29) is 22.3 Å². The maximum Gasteiger partial charge on any atom is 0.250 e. The van der Waals surface area contributed by atoms with E-state index in [1.54, 1.807) is 0 Å². The highest BCUT2D eigenvalue weighted by Crippen LogP contribution is 2.43. The first-order valence-corrected chi connectivity index (χ1v) is 17.1. The van der Waals surface area contributed by atoms with Crippen LogP contribution in [0.2, 0.25) is 0 Å². The predicted molar refractivity (Wildman–Crippen MR) is 185 cm³/mol. The van der Waals surface area contributed by atoms with Gasteiger partial charge in [0, 0.05) is 35.8 Å². The zero-order valence-corrected chi connectivity index (χ0v) is 33.1. The SMILES string of the molecule is NC(=O)c1c(Br)c(Br)c(Br)c(Br)c1C(N)=O.NC(=O)c1c(Br)c(Br)c(Br)c(Br)c1C(N)=O.NCCCCCCN. The number of hydrogen-bond acceptors (Lipinski definition) is 6. The van der Waals surface area contributed by atoms with Crippen LogP contribution in [0.25, 0.3) is 0 Å². The fraction of sp³-hybridized carbons (Fsp3) is 0.273. The minimum Gasteiger partial charge on any atom is -0.366 e. The smallest absolute Gasteiger partial charge is 0.250 e. The van der Waals surface area contributed by atoms with Gasteiger partial charge < -0.3 is 34.4 Å². The van der Waals surface area contributed by atoms with Crippen molar-refractivity contribution < 1.29 is 19.2 Å². The van der Waals surface area contributed by atoms with Crippen LogP contribution in [0.5, 0.6) is 0 Å². The summed E-state index contributed by atoms with van der Waals surface area (Å²) in [7, 11) is 0. The van der Waals surface area contributed by atoms with Gasteiger partial charge in [-0.25, -0.2) is 0 Å². The number of hydrogen-bond donors (Lipinski definition) is 6. The Balaban J connectivity index is 0.000000605. The van der Waals surface area contributed by atoms with E-state index in [4.69, 9.17) is 34.4 Å². The number of halogens is 8. The standard InChI is InChI=1S/2C8H4Br4N2O2.C6H16N2/c2*9-3-1(7(13)15)2(8(14)16)4(10)6(12)5(3)11;7-5-3-1-2-4-6-8/h2*(H2,13,15)(H2,14,16);1-8H2. The van der Waals surface area contributed by atoms with Gasteiger partial charge in [-0.15, -0.1) is 0 Å². The monoisotopic (exact) mass is 1070 g/mol. The topological polar surface area (TPSA) is 224 Å². The molecule has 0 spiro atoms. The molecule has 0 saturated heterocycles. The van der Waals surface area contributed by atoms with Crippen LogP contribution in [0, 0.1) is 0 Å². The van der Waals surface area contributed by atoms with Crippen molar-refractivity contribution in [1.82, 2.24) is 0 Å². The van der Waals surface area contributed by atoms with Crippen LogP contribution in [0.15, 0.2) is 35.8 Å². The summed E-state index contributed by atoms with van der Waals surface area (Å²) in [6, 6.07) is 0. The molecule has 18 heteroatoms. The molecule has 0 unspecified atom stereocenters. The zero-order valence-electron chi connectivity index (χ0n) is 20.4. The Kier molecular flexibility index (Phi) is 19.4. The molecule has 222 valence electrons. The van der Waals surface area contributed by atoms with Crippen molar-refractivity contribution in [3.8, 4) is 0 Å². The number of nitrogens with two attached hydrogens (primary N) is 6. The molecule has 2 aromatic rings. The van der Waals surface area contributed by atoms with E-state index in [0.717, 1.165) is 25.9 Å². The Morgan fingerprint density at radius 3 is 0.675 bits per heavy atom. The summed E-state index contributed by atoms with van der Waals surface area (Å²) in [5, 5.41) is 0. The van der Waals surface area contributed by atoms with Gasteiger partial charge in [0.2, 0.25) is 0 Å². The van der Waals surface area contributed by atoms with E-state index in [9.17, 15) is 19.2 Å². The van der Waals surface area contributed by atoms with Gasteiger partial charge in [0.1, 0.15) is 0 Å². The number of primary amides is 4. The lowest BCUT2D eigenvalue weighted by Gasteiger charge is -2.12. The summed E-state index contributed by atoms with van der Waals surface area (Å²) in [5.41, 5.74) is 31.5. The van der Waals surface area contributed by atoms with Crippen LogP contribution in [0.1, 0.15) is 67.1 Å². The lowest BCUT2D eigenvalue weighted by molar-refractivity contribution is 0.0966. The van der Waals surface area contributed by atoms with E-state index >= 15 is 0 Å². The van der Waals surface area contributed by atoms with Crippen molar-refractivity contribution in [2.24, 2.45) is 34.4 Å². The van der Waals surface area contributed by atoms with Crippen molar-refractivity contribution in [2.45, 2.75) is 25.7 Å². The van der Waals surface area contributed by atoms with Crippen molar-refractivity contribution in [1.29, 1.82) is 0 Å². The fourth-order valence-corrected chi connectivity index (χ4v) is 7.85. The van der Waals surface area contributed by atoms with Gasteiger partial charge in [0.25, 0.3) is 23.6 Å². The van der Waals surface area contributed by atoms with Crippen LogP contribution in [-0.2, 0) is 0 Å². The van der Waals surface area contributed by atoms with Gasteiger partial charge in [-0.1, -0.05) is 12.8 Å². The number of unbranched alkanes of at least 4 members (excludes halogenated alkanes) is 3. The first kappa shape index (κ1) is 40.1. The summed E-state index contributed by atoms with van der Waals surface area (Å²) >= 11 is 25.7. The molecule has 0 aliphatic heterocycles. The average Bonchev–Trinajstić information content (AvgIpc) is 2.87.